The molecular weight excluding hydrogens is 344 g/mol. The summed E-state index contributed by atoms with van der Waals surface area (Å²) in [5.74, 6) is -0.274. The number of hydrogen-bond donors (Lipinski definition) is 0. The molecule has 1 aromatic carbocycles. The third-order valence-electron chi connectivity index (χ3n) is 5.35. The topological polar surface area (TPSA) is 67.7 Å². The van der Waals surface area contributed by atoms with Crippen molar-refractivity contribution in [3.05, 3.63) is 52.8 Å². The predicted octanol–water partition coefficient (Wildman–Crippen LogP) is 1.59. The standard InChI is InChI=1S/C20H26N4O3/c1-13-8-6-7-9-16(13)18-19(27-12-17(25)23(18)4)20(26)22(3)11-15-10-21-24(5)14(15)2/h6-10,18-19H,11-12H2,1-5H3/t18-,19+/m1/s1. The van der Waals surface area contributed by atoms with Gasteiger partial charge in [0.05, 0.1) is 12.2 Å². The fraction of sp³-hybridized carbons (Fsp3) is 0.450. The first-order valence-corrected chi connectivity index (χ1v) is 8.96. The van der Waals surface area contributed by atoms with Gasteiger partial charge in [-0.1, -0.05) is 24.3 Å². The summed E-state index contributed by atoms with van der Waals surface area (Å²) in [4.78, 5) is 28.7. The van der Waals surface area contributed by atoms with Crippen molar-refractivity contribution in [2.75, 3.05) is 20.7 Å². The zero-order valence-electron chi connectivity index (χ0n) is 16.5. The molecule has 1 aromatic heterocycles. The molecule has 1 saturated heterocycles. The number of carbonyl (C=O) groups is 2. The number of amides is 2. The van der Waals surface area contributed by atoms with Crippen LogP contribution in [0.5, 0.6) is 0 Å². The van der Waals surface area contributed by atoms with E-state index in [9.17, 15) is 9.59 Å². The van der Waals surface area contributed by atoms with Gasteiger partial charge in [-0.2, -0.15) is 5.10 Å². The van der Waals surface area contributed by atoms with Gasteiger partial charge >= 0.3 is 0 Å². The Labute approximate surface area is 159 Å². The maximum Gasteiger partial charge on any atom is 0.254 e. The Morgan fingerprint density at radius 2 is 2.00 bits per heavy atom. The second-order valence-electron chi connectivity index (χ2n) is 7.11. The second-order valence-corrected chi connectivity index (χ2v) is 7.11. The molecule has 2 heterocycles. The van der Waals surface area contributed by atoms with E-state index in [0.717, 1.165) is 22.4 Å². The van der Waals surface area contributed by atoms with Crippen LogP contribution < -0.4 is 0 Å². The molecule has 144 valence electrons. The average Bonchev–Trinajstić information content (AvgIpc) is 2.96. The highest BCUT2D eigenvalue weighted by molar-refractivity contribution is 5.86. The van der Waals surface area contributed by atoms with Crippen LogP contribution in [-0.2, 0) is 27.9 Å². The molecule has 27 heavy (non-hydrogen) atoms. The summed E-state index contributed by atoms with van der Waals surface area (Å²) in [5.41, 5.74) is 3.96. The van der Waals surface area contributed by atoms with Gasteiger partial charge in [0.1, 0.15) is 6.61 Å². The number of likely N-dealkylation sites (N-methyl/N-ethyl adjacent to an activating group) is 2. The van der Waals surface area contributed by atoms with Crippen LogP contribution in [0.3, 0.4) is 0 Å². The Hall–Kier alpha value is -2.67. The fourth-order valence-electron chi connectivity index (χ4n) is 3.46. The van der Waals surface area contributed by atoms with E-state index in [2.05, 4.69) is 5.10 Å². The van der Waals surface area contributed by atoms with E-state index in [4.69, 9.17) is 4.74 Å². The van der Waals surface area contributed by atoms with Gasteiger partial charge in [-0.25, -0.2) is 0 Å². The van der Waals surface area contributed by atoms with Crippen LogP contribution in [0.1, 0.15) is 28.4 Å². The van der Waals surface area contributed by atoms with Crippen LogP contribution in [0.25, 0.3) is 0 Å². The van der Waals surface area contributed by atoms with Gasteiger partial charge in [-0.3, -0.25) is 14.3 Å². The number of ether oxygens (including phenoxy) is 1. The summed E-state index contributed by atoms with van der Waals surface area (Å²) in [6.45, 7) is 4.30. The molecule has 0 N–H and O–H groups in total. The molecule has 1 aliphatic rings. The molecule has 1 fully saturated rings. The maximum atomic E-state index is 13.2. The molecule has 3 rings (SSSR count). The number of carbonyl (C=O) groups excluding carboxylic acids is 2. The van der Waals surface area contributed by atoms with Crippen molar-refractivity contribution in [2.24, 2.45) is 7.05 Å². The first kappa shape index (κ1) is 19.1. The van der Waals surface area contributed by atoms with Gasteiger partial charge in [0.2, 0.25) is 5.91 Å². The van der Waals surface area contributed by atoms with Crippen LogP contribution in [0.15, 0.2) is 30.5 Å². The molecule has 0 aliphatic carbocycles. The number of nitrogens with zero attached hydrogens (tertiary/aromatic N) is 4. The molecule has 2 aromatic rings. The molecule has 0 saturated carbocycles. The van der Waals surface area contributed by atoms with Gasteiger partial charge in [0.25, 0.3) is 5.91 Å². The van der Waals surface area contributed by atoms with Crippen LogP contribution in [0, 0.1) is 13.8 Å². The summed E-state index contributed by atoms with van der Waals surface area (Å²) in [6.07, 6.45) is 1.03. The lowest BCUT2D eigenvalue weighted by Crippen LogP contribution is -2.53. The molecular formula is C20H26N4O3. The van der Waals surface area contributed by atoms with E-state index in [1.54, 1.807) is 34.8 Å². The summed E-state index contributed by atoms with van der Waals surface area (Å²) in [7, 11) is 5.36. The van der Waals surface area contributed by atoms with Crippen molar-refractivity contribution in [1.29, 1.82) is 0 Å². The molecule has 1 aliphatic heterocycles. The fourth-order valence-corrected chi connectivity index (χ4v) is 3.46. The number of rotatable bonds is 4. The molecule has 0 radical (unpaired) electrons. The third-order valence-corrected chi connectivity index (χ3v) is 5.35. The Morgan fingerprint density at radius 1 is 1.30 bits per heavy atom. The van der Waals surface area contributed by atoms with Crippen molar-refractivity contribution < 1.29 is 14.3 Å². The number of morpholine rings is 1. The van der Waals surface area contributed by atoms with Crippen molar-refractivity contribution in [2.45, 2.75) is 32.5 Å². The Kier molecular flexibility index (Phi) is 5.32. The highest BCUT2D eigenvalue weighted by Crippen LogP contribution is 2.32. The number of benzene rings is 1. The Balaban J connectivity index is 1.87. The minimum Gasteiger partial charge on any atom is -0.356 e. The monoisotopic (exact) mass is 370 g/mol. The maximum absolute atomic E-state index is 13.2. The zero-order valence-corrected chi connectivity index (χ0v) is 16.5. The van der Waals surface area contributed by atoms with Gasteiger partial charge in [-0.05, 0) is 25.0 Å². The number of aromatic nitrogens is 2. The van der Waals surface area contributed by atoms with E-state index in [-0.39, 0.29) is 18.4 Å². The summed E-state index contributed by atoms with van der Waals surface area (Å²) in [6, 6.07) is 7.34. The third kappa shape index (κ3) is 3.60. The number of aryl methyl sites for hydroxylation is 2. The van der Waals surface area contributed by atoms with Crippen molar-refractivity contribution >= 4 is 11.8 Å². The lowest BCUT2D eigenvalue weighted by atomic mass is 9.93. The van der Waals surface area contributed by atoms with E-state index >= 15 is 0 Å². The van der Waals surface area contributed by atoms with Crippen molar-refractivity contribution in [1.82, 2.24) is 19.6 Å². The second kappa shape index (κ2) is 7.52. The van der Waals surface area contributed by atoms with E-state index in [1.807, 2.05) is 45.2 Å². The molecule has 0 unspecified atom stereocenters. The minimum absolute atomic E-state index is 0.0882. The Morgan fingerprint density at radius 3 is 2.63 bits per heavy atom. The first-order chi connectivity index (χ1) is 12.8. The highest BCUT2D eigenvalue weighted by atomic mass is 16.5. The smallest absolute Gasteiger partial charge is 0.254 e. The van der Waals surface area contributed by atoms with Gasteiger partial charge in [0, 0.05) is 38.9 Å². The molecule has 0 spiro atoms. The molecule has 7 heteroatoms. The highest BCUT2D eigenvalue weighted by Gasteiger charge is 2.41. The van der Waals surface area contributed by atoms with E-state index in [1.165, 1.54) is 0 Å². The molecule has 0 bridgehead atoms. The summed E-state index contributed by atoms with van der Waals surface area (Å²) in [5, 5.41) is 4.23. The SMILES string of the molecule is Cc1ccccc1[C@@H]1[C@@H](C(=O)N(C)Cc2cnn(C)c2C)OCC(=O)N1C. The largest absolute Gasteiger partial charge is 0.356 e. The van der Waals surface area contributed by atoms with E-state index < -0.39 is 12.1 Å². The zero-order chi connectivity index (χ0) is 19.7. The van der Waals surface area contributed by atoms with Crippen LogP contribution in [-0.4, -0.2) is 58.2 Å². The van der Waals surface area contributed by atoms with Gasteiger partial charge < -0.3 is 14.5 Å². The summed E-state index contributed by atoms with van der Waals surface area (Å²) >= 11 is 0. The van der Waals surface area contributed by atoms with E-state index in [0.29, 0.717) is 6.54 Å². The van der Waals surface area contributed by atoms with Gasteiger partial charge in [0.15, 0.2) is 6.10 Å². The average molecular weight is 370 g/mol. The Bertz CT molecular complexity index is 861. The molecule has 7 nitrogen and oxygen atoms in total. The molecule has 2 atom stereocenters. The predicted molar refractivity (Wildman–Crippen MR) is 101 cm³/mol. The lowest BCUT2D eigenvalue weighted by molar-refractivity contribution is -0.167. The lowest BCUT2D eigenvalue weighted by Gasteiger charge is -2.40. The van der Waals surface area contributed by atoms with Crippen LogP contribution >= 0.6 is 0 Å². The quantitative estimate of drug-likeness (QED) is 0.820. The van der Waals surface area contributed by atoms with Gasteiger partial charge in [-0.15, -0.1) is 0 Å². The first-order valence-electron chi connectivity index (χ1n) is 8.96. The van der Waals surface area contributed by atoms with Crippen LogP contribution in [0.4, 0.5) is 0 Å². The molecule has 2 amide bonds. The number of hydrogen-bond acceptors (Lipinski definition) is 4. The van der Waals surface area contributed by atoms with Crippen molar-refractivity contribution in [3.8, 4) is 0 Å². The summed E-state index contributed by atoms with van der Waals surface area (Å²) < 4.78 is 7.52. The van der Waals surface area contributed by atoms with Crippen LogP contribution in [0.2, 0.25) is 0 Å². The minimum atomic E-state index is -0.740. The van der Waals surface area contributed by atoms with Crippen molar-refractivity contribution in [3.63, 3.8) is 0 Å². The normalized spacial score (nSPS) is 20.0.